The van der Waals surface area contributed by atoms with Crippen LogP contribution in [0.1, 0.15) is 31.2 Å². The van der Waals surface area contributed by atoms with Crippen LogP contribution in [0.25, 0.3) is 0 Å². The number of ether oxygens (including phenoxy) is 2. The summed E-state index contributed by atoms with van der Waals surface area (Å²) in [4.78, 5) is 7.46. The second-order valence-electron chi connectivity index (χ2n) is 6.52. The van der Waals surface area contributed by atoms with Crippen LogP contribution >= 0.6 is 0 Å². The van der Waals surface area contributed by atoms with Crippen LogP contribution in [-0.2, 0) is 10.3 Å². The number of rotatable bonds is 4. The maximum absolute atomic E-state index is 5.52. The van der Waals surface area contributed by atoms with Crippen molar-refractivity contribution in [2.45, 2.75) is 37.1 Å². The van der Waals surface area contributed by atoms with Gasteiger partial charge >= 0.3 is 0 Å². The zero-order valence-electron chi connectivity index (χ0n) is 14.5. The second kappa shape index (κ2) is 6.40. The first-order chi connectivity index (χ1) is 11.1. The van der Waals surface area contributed by atoms with Crippen molar-refractivity contribution < 1.29 is 14.3 Å². The van der Waals surface area contributed by atoms with Crippen molar-refractivity contribution in [2.75, 3.05) is 34.9 Å². The number of likely N-dealkylation sites (tertiary alicyclic amines) is 1. The SMILES string of the molecule is CO/N=C1/CCC2(c3ccc(OC)c(OC)c3)CCN(C)C2C1. The molecule has 1 heterocycles. The molecule has 1 saturated heterocycles. The molecule has 0 N–H and O–H groups in total. The zero-order chi connectivity index (χ0) is 16.4. The molecule has 1 aromatic rings. The lowest BCUT2D eigenvalue weighted by molar-refractivity contribution is 0.195. The fourth-order valence-corrected chi connectivity index (χ4v) is 4.29. The number of benzene rings is 1. The van der Waals surface area contributed by atoms with E-state index in [9.17, 15) is 0 Å². The van der Waals surface area contributed by atoms with E-state index in [4.69, 9.17) is 14.3 Å². The normalized spacial score (nSPS) is 29.4. The van der Waals surface area contributed by atoms with E-state index in [2.05, 4.69) is 29.2 Å². The smallest absolute Gasteiger partial charge is 0.161 e. The fraction of sp³-hybridized carbons (Fsp3) is 0.611. The number of methoxy groups -OCH3 is 2. The van der Waals surface area contributed by atoms with E-state index < -0.39 is 0 Å². The summed E-state index contributed by atoms with van der Waals surface area (Å²) in [6.45, 7) is 1.11. The third-order valence-corrected chi connectivity index (χ3v) is 5.55. The number of hydrogen-bond acceptors (Lipinski definition) is 5. The van der Waals surface area contributed by atoms with E-state index in [0.29, 0.717) is 6.04 Å². The maximum atomic E-state index is 5.52. The van der Waals surface area contributed by atoms with Crippen molar-refractivity contribution in [1.82, 2.24) is 4.90 Å². The molecule has 5 nitrogen and oxygen atoms in total. The summed E-state index contributed by atoms with van der Waals surface area (Å²) < 4.78 is 10.9. The van der Waals surface area contributed by atoms with E-state index >= 15 is 0 Å². The van der Waals surface area contributed by atoms with Gasteiger partial charge in [-0.25, -0.2) is 0 Å². The predicted octanol–water partition coefficient (Wildman–Crippen LogP) is 2.83. The molecule has 126 valence electrons. The Balaban J connectivity index is 1.98. The summed E-state index contributed by atoms with van der Waals surface area (Å²) >= 11 is 0. The molecule has 2 atom stereocenters. The van der Waals surface area contributed by atoms with Crippen LogP contribution in [0.2, 0.25) is 0 Å². The summed E-state index contributed by atoms with van der Waals surface area (Å²) in [5.41, 5.74) is 2.68. The summed E-state index contributed by atoms with van der Waals surface area (Å²) in [5, 5.41) is 4.21. The van der Waals surface area contributed by atoms with Crippen LogP contribution in [0, 0.1) is 0 Å². The molecule has 1 aliphatic heterocycles. The van der Waals surface area contributed by atoms with Crippen LogP contribution in [0.4, 0.5) is 0 Å². The molecular formula is C18H26N2O3. The summed E-state index contributed by atoms with van der Waals surface area (Å²) in [7, 11) is 7.21. The van der Waals surface area contributed by atoms with Gasteiger partial charge in [0.25, 0.3) is 0 Å². The highest BCUT2D eigenvalue weighted by Gasteiger charge is 2.50. The van der Waals surface area contributed by atoms with Crippen molar-refractivity contribution in [3.05, 3.63) is 23.8 Å². The van der Waals surface area contributed by atoms with Gasteiger partial charge in [0.05, 0.1) is 19.9 Å². The highest BCUT2D eigenvalue weighted by atomic mass is 16.6. The quantitative estimate of drug-likeness (QED) is 0.801. The van der Waals surface area contributed by atoms with E-state index in [1.807, 2.05) is 6.07 Å². The number of oxime groups is 1. The van der Waals surface area contributed by atoms with Crippen LogP contribution < -0.4 is 9.47 Å². The third kappa shape index (κ3) is 2.67. The molecule has 2 unspecified atom stereocenters. The molecule has 1 saturated carbocycles. The molecule has 0 aromatic heterocycles. The lowest BCUT2D eigenvalue weighted by Gasteiger charge is -2.42. The van der Waals surface area contributed by atoms with Crippen molar-refractivity contribution in [2.24, 2.45) is 5.16 Å². The van der Waals surface area contributed by atoms with Gasteiger partial charge in [-0.1, -0.05) is 11.2 Å². The molecule has 0 bridgehead atoms. The Bertz CT molecular complexity index is 602. The van der Waals surface area contributed by atoms with Gasteiger partial charge in [-0.05, 0) is 50.6 Å². The average Bonchev–Trinajstić information content (AvgIpc) is 2.92. The molecule has 0 radical (unpaired) electrons. The van der Waals surface area contributed by atoms with Crippen LogP contribution in [0.15, 0.2) is 23.4 Å². The number of hydrogen-bond donors (Lipinski definition) is 0. The first kappa shape index (κ1) is 16.1. The van der Waals surface area contributed by atoms with Gasteiger partial charge in [0.2, 0.25) is 0 Å². The van der Waals surface area contributed by atoms with E-state index in [1.54, 1.807) is 21.3 Å². The molecule has 1 aromatic carbocycles. The van der Waals surface area contributed by atoms with E-state index in [-0.39, 0.29) is 5.41 Å². The van der Waals surface area contributed by atoms with Crippen molar-refractivity contribution in [3.8, 4) is 11.5 Å². The highest BCUT2D eigenvalue weighted by molar-refractivity contribution is 5.86. The van der Waals surface area contributed by atoms with Gasteiger partial charge in [0.15, 0.2) is 11.5 Å². The molecule has 5 heteroatoms. The van der Waals surface area contributed by atoms with Gasteiger partial charge in [0, 0.05) is 17.9 Å². The minimum atomic E-state index is 0.168. The monoisotopic (exact) mass is 318 g/mol. The molecule has 0 amide bonds. The Morgan fingerprint density at radius 2 is 1.91 bits per heavy atom. The third-order valence-electron chi connectivity index (χ3n) is 5.55. The topological polar surface area (TPSA) is 43.3 Å². The Morgan fingerprint density at radius 1 is 1.13 bits per heavy atom. The number of fused-ring (bicyclic) bond motifs is 1. The van der Waals surface area contributed by atoms with Gasteiger partial charge in [-0.2, -0.15) is 0 Å². The first-order valence-electron chi connectivity index (χ1n) is 8.16. The number of likely N-dealkylation sites (N-methyl/N-ethyl adjacent to an activating group) is 1. The fourth-order valence-electron chi connectivity index (χ4n) is 4.29. The summed E-state index contributed by atoms with van der Waals surface area (Å²) in [6.07, 6.45) is 4.23. The molecule has 3 rings (SSSR count). The van der Waals surface area contributed by atoms with E-state index in [1.165, 1.54) is 17.7 Å². The van der Waals surface area contributed by atoms with Crippen LogP contribution in [0.3, 0.4) is 0 Å². The highest BCUT2D eigenvalue weighted by Crippen LogP contribution is 2.49. The summed E-state index contributed by atoms with van der Waals surface area (Å²) in [6, 6.07) is 6.84. The summed E-state index contributed by atoms with van der Waals surface area (Å²) in [5.74, 6) is 1.59. The molecule has 23 heavy (non-hydrogen) atoms. The minimum Gasteiger partial charge on any atom is -0.493 e. The average molecular weight is 318 g/mol. The van der Waals surface area contributed by atoms with Crippen LogP contribution in [0.5, 0.6) is 11.5 Å². The second-order valence-corrected chi connectivity index (χ2v) is 6.52. The lowest BCUT2D eigenvalue weighted by Crippen LogP contribution is -2.46. The van der Waals surface area contributed by atoms with Crippen molar-refractivity contribution >= 4 is 5.71 Å². The Morgan fingerprint density at radius 3 is 2.61 bits per heavy atom. The van der Waals surface area contributed by atoms with Crippen molar-refractivity contribution in [1.29, 1.82) is 0 Å². The minimum absolute atomic E-state index is 0.168. The largest absolute Gasteiger partial charge is 0.493 e. The Labute approximate surface area is 138 Å². The van der Waals surface area contributed by atoms with Crippen molar-refractivity contribution in [3.63, 3.8) is 0 Å². The molecule has 2 aliphatic rings. The lowest BCUT2D eigenvalue weighted by atomic mass is 9.65. The zero-order valence-corrected chi connectivity index (χ0v) is 14.5. The Kier molecular flexibility index (Phi) is 4.48. The van der Waals surface area contributed by atoms with Crippen LogP contribution in [-0.4, -0.2) is 51.6 Å². The predicted molar refractivity (Wildman–Crippen MR) is 90.6 cm³/mol. The Hall–Kier alpha value is -1.75. The molecular weight excluding hydrogens is 292 g/mol. The standard InChI is InChI=1S/C18H26N2O3/c1-20-10-9-18(8-7-14(19-23-4)12-17(18)20)13-5-6-15(21-2)16(11-13)22-3/h5-6,11,17H,7-10,12H2,1-4H3/b19-14-. The van der Waals surface area contributed by atoms with Gasteiger partial charge < -0.3 is 19.2 Å². The molecule has 0 spiro atoms. The van der Waals surface area contributed by atoms with Gasteiger partial charge in [-0.15, -0.1) is 0 Å². The first-order valence-corrected chi connectivity index (χ1v) is 8.16. The molecule has 1 aliphatic carbocycles. The molecule has 2 fully saturated rings. The maximum Gasteiger partial charge on any atom is 0.161 e. The van der Waals surface area contributed by atoms with E-state index in [0.717, 1.165) is 37.3 Å². The van der Waals surface area contributed by atoms with Gasteiger partial charge in [-0.3, -0.25) is 0 Å². The van der Waals surface area contributed by atoms with Gasteiger partial charge in [0.1, 0.15) is 7.11 Å². The number of nitrogens with zero attached hydrogens (tertiary/aromatic N) is 2.